The van der Waals surface area contributed by atoms with Crippen molar-refractivity contribution in [2.75, 3.05) is 26.2 Å². The van der Waals surface area contributed by atoms with Gasteiger partial charge in [0.25, 0.3) is 0 Å². The van der Waals surface area contributed by atoms with Gasteiger partial charge < -0.3 is 14.8 Å². The fraction of sp³-hybridized carbons (Fsp3) is 0.318. The van der Waals surface area contributed by atoms with Gasteiger partial charge in [-0.1, -0.05) is 23.7 Å². The van der Waals surface area contributed by atoms with Crippen molar-refractivity contribution in [3.8, 4) is 0 Å². The standard InChI is InChI=1S/C22H23ClN4O4/c23-15-4-5-17-18(13-27(14-20(28)29)19(17)11-15)21(22(30)31)26-9-7-25(8-10-26)12-16-3-1-2-6-24-16/h1-6,11,13,21H,7-10,12,14H2,(H,28,29)(H,30,31)/t21-/m1/s1. The molecule has 4 rings (SSSR count). The Morgan fingerprint density at radius 2 is 1.87 bits per heavy atom. The lowest BCUT2D eigenvalue weighted by atomic mass is 10.0. The summed E-state index contributed by atoms with van der Waals surface area (Å²) >= 11 is 6.11. The van der Waals surface area contributed by atoms with Crippen LogP contribution in [0.3, 0.4) is 0 Å². The van der Waals surface area contributed by atoms with Crippen LogP contribution in [-0.2, 0) is 22.7 Å². The van der Waals surface area contributed by atoms with Gasteiger partial charge in [-0.25, -0.2) is 0 Å². The summed E-state index contributed by atoms with van der Waals surface area (Å²) in [7, 11) is 0. The second kappa shape index (κ2) is 9.05. The zero-order chi connectivity index (χ0) is 22.0. The summed E-state index contributed by atoms with van der Waals surface area (Å²) in [5.41, 5.74) is 2.18. The molecule has 0 saturated carbocycles. The Morgan fingerprint density at radius 1 is 1.10 bits per heavy atom. The molecule has 1 aromatic carbocycles. The molecule has 0 aliphatic carbocycles. The van der Waals surface area contributed by atoms with Crippen LogP contribution in [0.5, 0.6) is 0 Å². The Balaban J connectivity index is 1.58. The number of nitrogens with zero attached hydrogens (tertiary/aromatic N) is 4. The van der Waals surface area contributed by atoms with Crippen molar-refractivity contribution in [2.45, 2.75) is 19.1 Å². The lowest BCUT2D eigenvalue weighted by molar-refractivity contribution is -0.144. The number of rotatable bonds is 7. The molecule has 1 fully saturated rings. The zero-order valence-corrected chi connectivity index (χ0v) is 17.6. The van der Waals surface area contributed by atoms with Gasteiger partial charge in [0.05, 0.1) is 11.2 Å². The molecule has 1 atom stereocenters. The molecule has 31 heavy (non-hydrogen) atoms. The summed E-state index contributed by atoms with van der Waals surface area (Å²) in [4.78, 5) is 32.2. The van der Waals surface area contributed by atoms with E-state index >= 15 is 0 Å². The first-order chi connectivity index (χ1) is 14.9. The highest BCUT2D eigenvalue weighted by atomic mass is 35.5. The molecule has 0 spiro atoms. The van der Waals surface area contributed by atoms with E-state index in [0.717, 1.165) is 25.3 Å². The van der Waals surface area contributed by atoms with Crippen LogP contribution in [0.25, 0.3) is 10.9 Å². The molecule has 162 valence electrons. The summed E-state index contributed by atoms with van der Waals surface area (Å²) in [6, 6.07) is 10.1. The van der Waals surface area contributed by atoms with E-state index in [1.54, 1.807) is 35.2 Å². The van der Waals surface area contributed by atoms with E-state index in [1.807, 2.05) is 23.1 Å². The van der Waals surface area contributed by atoms with Gasteiger partial charge in [0, 0.05) is 61.1 Å². The lowest BCUT2D eigenvalue weighted by Gasteiger charge is -2.37. The van der Waals surface area contributed by atoms with Crippen molar-refractivity contribution >= 4 is 34.4 Å². The van der Waals surface area contributed by atoms with Gasteiger partial charge in [-0.3, -0.25) is 24.4 Å². The molecule has 2 N–H and O–H groups in total. The zero-order valence-electron chi connectivity index (χ0n) is 16.8. The number of hydrogen-bond donors (Lipinski definition) is 2. The second-order valence-corrected chi connectivity index (χ2v) is 8.08. The SMILES string of the molecule is O=C(O)Cn1cc([C@H](C(=O)O)N2CCN(Cc3ccccn3)CC2)c2ccc(Cl)cc21. The molecule has 0 radical (unpaired) electrons. The molecule has 8 nitrogen and oxygen atoms in total. The number of benzene rings is 1. The van der Waals surface area contributed by atoms with E-state index < -0.39 is 18.0 Å². The smallest absolute Gasteiger partial charge is 0.325 e. The van der Waals surface area contributed by atoms with Gasteiger partial charge >= 0.3 is 11.9 Å². The third-order valence-corrected chi connectivity index (χ3v) is 5.83. The number of fused-ring (bicyclic) bond motifs is 1. The average molecular weight is 443 g/mol. The van der Waals surface area contributed by atoms with Gasteiger partial charge in [0.2, 0.25) is 0 Å². The van der Waals surface area contributed by atoms with Crippen molar-refractivity contribution in [1.82, 2.24) is 19.4 Å². The summed E-state index contributed by atoms with van der Waals surface area (Å²) in [5.74, 6) is -1.96. The largest absolute Gasteiger partial charge is 0.480 e. The maximum Gasteiger partial charge on any atom is 0.325 e. The quantitative estimate of drug-likeness (QED) is 0.580. The fourth-order valence-electron chi connectivity index (χ4n) is 4.17. The minimum Gasteiger partial charge on any atom is -0.480 e. The average Bonchev–Trinajstić information content (AvgIpc) is 3.06. The van der Waals surface area contributed by atoms with Crippen LogP contribution >= 0.6 is 11.6 Å². The first-order valence-corrected chi connectivity index (χ1v) is 10.4. The molecule has 1 aliphatic rings. The van der Waals surface area contributed by atoms with Crippen LogP contribution in [0.15, 0.2) is 48.8 Å². The van der Waals surface area contributed by atoms with Gasteiger partial charge in [-0.15, -0.1) is 0 Å². The number of halogens is 1. The van der Waals surface area contributed by atoms with Gasteiger partial charge in [-0.05, 0) is 24.3 Å². The molecule has 2 aromatic heterocycles. The number of carbonyl (C=O) groups is 2. The van der Waals surface area contributed by atoms with Crippen LogP contribution in [-0.4, -0.2) is 67.7 Å². The molecule has 0 amide bonds. The van der Waals surface area contributed by atoms with Gasteiger partial charge in [0.1, 0.15) is 12.6 Å². The number of hydrogen-bond acceptors (Lipinski definition) is 5. The first-order valence-electron chi connectivity index (χ1n) is 10.0. The molecular weight excluding hydrogens is 420 g/mol. The predicted molar refractivity (Wildman–Crippen MR) is 116 cm³/mol. The maximum atomic E-state index is 12.3. The summed E-state index contributed by atoms with van der Waals surface area (Å²) in [6.07, 6.45) is 3.40. The number of carboxylic acids is 2. The summed E-state index contributed by atoms with van der Waals surface area (Å²) in [6.45, 7) is 3.08. The molecule has 1 saturated heterocycles. The topological polar surface area (TPSA) is 98.9 Å². The van der Waals surface area contributed by atoms with Crippen molar-refractivity contribution in [3.63, 3.8) is 0 Å². The van der Waals surface area contributed by atoms with Crippen LogP contribution in [0.1, 0.15) is 17.3 Å². The van der Waals surface area contributed by atoms with E-state index in [1.165, 1.54) is 0 Å². The number of aliphatic carboxylic acids is 2. The third kappa shape index (κ3) is 4.71. The van der Waals surface area contributed by atoms with Crippen LogP contribution in [0.4, 0.5) is 0 Å². The van der Waals surface area contributed by atoms with E-state index in [-0.39, 0.29) is 6.54 Å². The van der Waals surface area contributed by atoms with Crippen molar-refractivity contribution < 1.29 is 19.8 Å². The molecule has 0 unspecified atom stereocenters. The minimum absolute atomic E-state index is 0.263. The van der Waals surface area contributed by atoms with E-state index in [2.05, 4.69) is 9.88 Å². The monoisotopic (exact) mass is 442 g/mol. The molecule has 3 heterocycles. The molecular formula is C22H23ClN4O4. The number of carboxylic acid groups (broad SMARTS) is 2. The molecule has 0 bridgehead atoms. The highest BCUT2D eigenvalue weighted by Gasteiger charge is 2.33. The normalized spacial score (nSPS) is 16.4. The number of piperazine rings is 1. The van der Waals surface area contributed by atoms with Crippen LogP contribution in [0.2, 0.25) is 5.02 Å². The fourth-order valence-corrected chi connectivity index (χ4v) is 4.34. The predicted octanol–water partition coefficient (Wildman–Crippen LogP) is 2.72. The van der Waals surface area contributed by atoms with E-state index in [4.69, 9.17) is 11.6 Å². The van der Waals surface area contributed by atoms with E-state index in [9.17, 15) is 19.8 Å². The van der Waals surface area contributed by atoms with Gasteiger partial charge in [-0.2, -0.15) is 0 Å². The Morgan fingerprint density at radius 3 is 2.52 bits per heavy atom. The Labute approximate surface area is 184 Å². The number of pyridine rings is 1. The van der Waals surface area contributed by atoms with E-state index in [0.29, 0.717) is 34.6 Å². The van der Waals surface area contributed by atoms with Crippen molar-refractivity contribution in [1.29, 1.82) is 0 Å². The van der Waals surface area contributed by atoms with Crippen LogP contribution < -0.4 is 0 Å². The minimum atomic E-state index is -1.00. The molecule has 3 aromatic rings. The maximum absolute atomic E-state index is 12.3. The Kier molecular flexibility index (Phi) is 6.22. The second-order valence-electron chi connectivity index (χ2n) is 7.64. The summed E-state index contributed by atoms with van der Waals surface area (Å²) in [5, 5.41) is 20.5. The Bertz CT molecular complexity index is 1090. The van der Waals surface area contributed by atoms with Crippen molar-refractivity contribution in [2.24, 2.45) is 0 Å². The number of aromatic nitrogens is 2. The first kappa shape index (κ1) is 21.3. The van der Waals surface area contributed by atoms with Crippen LogP contribution in [0, 0.1) is 0 Å². The highest BCUT2D eigenvalue weighted by Crippen LogP contribution is 2.33. The van der Waals surface area contributed by atoms with Crippen molar-refractivity contribution in [3.05, 3.63) is 65.1 Å². The summed E-state index contributed by atoms with van der Waals surface area (Å²) < 4.78 is 1.55. The Hall–Kier alpha value is -2.94. The third-order valence-electron chi connectivity index (χ3n) is 5.59. The van der Waals surface area contributed by atoms with Gasteiger partial charge in [0.15, 0.2) is 0 Å². The molecule has 9 heteroatoms. The molecule has 1 aliphatic heterocycles. The highest BCUT2D eigenvalue weighted by molar-refractivity contribution is 6.31. The lowest BCUT2D eigenvalue weighted by Crippen LogP contribution is -2.48.